The lowest BCUT2D eigenvalue weighted by Gasteiger charge is -2.37. The molecule has 2 unspecified atom stereocenters. The van der Waals surface area contributed by atoms with E-state index in [2.05, 4.69) is 24.3 Å². The molecule has 0 spiro atoms. The Morgan fingerprint density at radius 3 is 2.73 bits per heavy atom. The van der Waals surface area contributed by atoms with E-state index >= 15 is 0 Å². The average molecular weight is 321 g/mol. The highest BCUT2D eigenvalue weighted by molar-refractivity contribution is 5.94. The fourth-order valence-corrected chi connectivity index (χ4v) is 2.63. The van der Waals surface area contributed by atoms with Crippen molar-refractivity contribution in [2.45, 2.75) is 25.9 Å². The van der Waals surface area contributed by atoms with Crippen LogP contribution in [0.5, 0.6) is 0 Å². The molecule has 3 rings (SSSR count). The van der Waals surface area contributed by atoms with Gasteiger partial charge in [0.05, 0.1) is 17.4 Å². The SMILES string of the molecule is CC1CN(C(=O)c2cnn(-c3ccccc3)c2)C(C)CN1.Cl. The van der Waals surface area contributed by atoms with Gasteiger partial charge in [-0.1, -0.05) is 18.2 Å². The number of carbonyl (C=O) groups is 1. The normalized spacial score (nSPS) is 21.3. The van der Waals surface area contributed by atoms with Crippen molar-refractivity contribution in [1.82, 2.24) is 20.0 Å². The standard InChI is InChI=1S/C16H20N4O.ClH/c1-12-10-19(13(2)8-17-12)16(21)14-9-18-20(11-14)15-6-4-3-5-7-15;/h3-7,9,11-13,17H,8,10H2,1-2H3;1H. The Hall–Kier alpha value is -1.85. The summed E-state index contributed by atoms with van der Waals surface area (Å²) < 4.78 is 1.74. The van der Waals surface area contributed by atoms with Crippen LogP contribution in [0.3, 0.4) is 0 Å². The number of benzene rings is 1. The van der Waals surface area contributed by atoms with Gasteiger partial charge < -0.3 is 10.2 Å². The summed E-state index contributed by atoms with van der Waals surface area (Å²) in [6.07, 6.45) is 3.45. The number of nitrogens with one attached hydrogen (secondary N) is 1. The van der Waals surface area contributed by atoms with Gasteiger partial charge in [0.1, 0.15) is 0 Å². The van der Waals surface area contributed by atoms with Crippen LogP contribution in [-0.4, -0.2) is 45.8 Å². The van der Waals surface area contributed by atoms with E-state index in [0.29, 0.717) is 11.6 Å². The molecular weight excluding hydrogens is 300 g/mol. The van der Waals surface area contributed by atoms with Gasteiger partial charge in [-0.05, 0) is 26.0 Å². The van der Waals surface area contributed by atoms with Crippen LogP contribution in [0.25, 0.3) is 5.69 Å². The van der Waals surface area contributed by atoms with E-state index in [0.717, 1.165) is 18.8 Å². The lowest BCUT2D eigenvalue weighted by molar-refractivity contribution is 0.0616. The molecule has 1 N–H and O–H groups in total. The zero-order chi connectivity index (χ0) is 14.8. The molecule has 6 heteroatoms. The molecule has 1 amide bonds. The van der Waals surface area contributed by atoms with Gasteiger partial charge in [0.25, 0.3) is 5.91 Å². The Labute approximate surface area is 136 Å². The van der Waals surface area contributed by atoms with Gasteiger partial charge in [0, 0.05) is 31.4 Å². The van der Waals surface area contributed by atoms with Gasteiger partial charge in [-0.25, -0.2) is 4.68 Å². The molecule has 2 aromatic rings. The molecule has 1 aliphatic rings. The number of rotatable bonds is 2. The first-order valence-electron chi connectivity index (χ1n) is 7.29. The first-order chi connectivity index (χ1) is 10.1. The van der Waals surface area contributed by atoms with E-state index in [-0.39, 0.29) is 24.4 Å². The van der Waals surface area contributed by atoms with Gasteiger partial charge in [-0.15, -0.1) is 12.4 Å². The lowest BCUT2D eigenvalue weighted by Crippen LogP contribution is -2.56. The van der Waals surface area contributed by atoms with Crippen LogP contribution in [0.1, 0.15) is 24.2 Å². The maximum absolute atomic E-state index is 12.6. The van der Waals surface area contributed by atoms with Crippen molar-refractivity contribution in [1.29, 1.82) is 0 Å². The number of nitrogens with zero attached hydrogens (tertiary/aromatic N) is 3. The highest BCUT2D eigenvalue weighted by Gasteiger charge is 2.28. The topological polar surface area (TPSA) is 50.2 Å². The molecule has 1 aliphatic heterocycles. The number of hydrogen-bond donors (Lipinski definition) is 1. The second-order valence-corrected chi connectivity index (χ2v) is 5.62. The first kappa shape index (κ1) is 16.5. The second kappa shape index (κ2) is 6.94. The van der Waals surface area contributed by atoms with Crippen LogP contribution in [-0.2, 0) is 0 Å². The van der Waals surface area contributed by atoms with Crippen molar-refractivity contribution in [3.63, 3.8) is 0 Å². The Kier molecular flexibility index (Phi) is 5.21. The van der Waals surface area contributed by atoms with Crippen LogP contribution in [0.15, 0.2) is 42.7 Å². The van der Waals surface area contributed by atoms with Crippen LogP contribution in [0, 0.1) is 0 Å². The van der Waals surface area contributed by atoms with Crippen molar-refractivity contribution in [2.24, 2.45) is 0 Å². The monoisotopic (exact) mass is 320 g/mol. The van der Waals surface area contributed by atoms with Crippen LogP contribution < -0.4 is 5.32 Å². The number of carbonyl (C=O) groups excluding carboxylic acids is 1. The molecule has 1 fully saturated rings. The minimum atomic E-state index is 0. The summed E-state index contributed by atoms with van der Waals surface area (Å²) in [6.45, 7) is 5.73. The van der Waals surface area contributed by atoms with Crippen molar-refractivity contribution < 1.29 is 4.79 Å². The predicted octanol–water partition coefficient (Wildman–Crippen LogP) is 2.12. The van der Waals surface area contributed by atoms with Gasteiger partial charge in [-0.3, -0.25) is 4.79 Å². The molecule has 0 radical (unpaired) electrons. The van der Waals surface area contributed by atoms with Crippen LogP contribution in [0.2, 0.25) is 0 Å². The summed E-state index contributed by atoms with van der Waals surface area (Å²) in [4.78, 5) is 14.6. The summed E-state index contributed by atoms with van der Waals surface area (Å²) >= 11 is 0. The molecule has 0 bridgehead atoms. The van der Waals surface area contributed by atoms with Gasteiger partial charge >= 0.3 is 0 Å². The largest absolute Gasteiger partial charge is 0.333 e. The maximum Gasteiger partial charge on any atom is 0.257 e. The molecule has 22 heavy (non-hydrogen) atoms. The highest BCUT2D eigenvalue weighted by Crippen LogP contribution is 2.14. The molecule has 5 nitrogen and oxygen atoms in total. The van der Waals surface area contributed by atoms with Gasteiger partial charge in [0.15, 0.2) is 0 Å². The summed E-state index contributed by atoms with van der Waals surface area (Å²) in [5.41, 5.74) is 1.60. The third kappa shape index (κ3) is 3.31. The Bertz CT molecular complexity index is 628. The Balaban J connectivity index is 0.00000176. The fraction of sp³-hybridized carbons (Fsp3) is 0.375. The minimum absolute atomic E-state index is 0. The highest BCUT2D eigenvalue weighted by atomic mass is 35.5. The second-order valence-electron chi connectivity index (χ2n) is 5.62. The Morgan fingerprint density at radius 2 is 2.00 bits per heavy atom. The number of aromatic nitrogens is 2. The van der Waals surface area contributed by atoms with E-state index in [9.17, 15) is 4.79 Å². The van der Waals surface area contributed by atoms with E-state index in [1.54, 1.807) is 17.1 Å². The summed E-state index contributed by atoms with van der Waals surface area (Å²) in [5.74, 6) is 0.0537. The molecule has 2 heterocycles. The molecule has 0 saturated carbocycles. The van der Waals surface area contributed by atoms with Crippen molar-refractivity contribution in [3.8, 4) is 5.69 Å². The van der Waals surface area contributed by atoms with Crippen LogP contribution >= 0.6 is 12.4 Å². The summed E-state index contributed by atoms with van der Waals surface area (Å²) in [7, 11) is 0. The molecule has 118 valence electrons. The lowest BCUT2D eigenvalue weighted by atomic mass is 10.1. The zero-order valence-electron chi connectivity index (χ0n) is 12.8. The van der Waals surface area contributed by atoms with E-state index in [1.807, 2.05) is 35.2 Å². The number of amides is 1. The number of piperazine rings is 1. The van der Waals surface area contributed by atoms with Gasteiger partial charge in [0.2, 0.25) is 0 Å². The molecule has 0 aliphatic carbocycles. The minimum Gasteiger partial charge on any atom is -0.333 e. The van der Waals surface area contributed by atoms with Crippen molar-refractivity contribution in [3.05, 3.63) is 48.3 Å². The molecular formula is C16H21ClN4O. The van der Waals surface area contributed by atoms with E-state index in [1.165, 1.54) is 0 Å². The van der Waals surface area contributed by atoms with Crippen molar-refractivity contribution >= 4 is 18.3 Å². The number of hydrogen-bond acceptors (Lipinski definition) is 3. The van der Waals surface area contributed by atoms with E-state index < -0.39 is 0 Å². The van der Waals surface area contributed by atoms with Gasteiger partial charge in [-0.2, -0.15) is 5.10 Å². The summed E-state index contributed by atoms with van der Waals surface area (Å²) in [6, 6.07) is 10.3. The smallest absolute Gasteiger partial charge is 0.257 e. The maximum atomic E-state index is 12.6. The molecule has 1 saturated heterocycles. The number of para-hydroxylation sites is 1. The fourth-order valence-electron chi connectivity index (χ4n) is 2.63. The third-order valence-electron chi connectivity index (χ3n) is 3.88. The molecule has 1 aromatic heterocycles. The van der Waals surface area contributed by atoms with E-state index in [4.69, 9.17) is 0 Å². The predicted molar refractivity (Wildman–Crippen MR) is 88.8 cm³/mol. The molecule has 1 aromatic carbocycles. The Morgan fingerprint density at radius 1 is 1.27 bits per heavy atom. The zero-order valence-corrected chi connectivity index (χ0v) is 13.6. The average Bonchev–Trinajstić information content (AvgIpc) is 3.00. The first-order valence-corrected chi connectivity index (χ1v) is 7.29. The molecule has 2 atom stereocenters. The summed E-state index contributed by atoms with van der Waals surface area (Å²) in [5, 5.41) is 7.68. The van der Waals surface area contributed by atoms with Crippen molar-refractivity contribution in [2.75, 3.05) is 13.1 Å². The van der Waals surface area contributed by atoms with Crippen LogP contribution in [0.4, 0.5) is 0 Å². The number of halogens is 1. The third-order valence-corrected chi connectivity index (χ3v) is 3.88. The quantitative estimate of drug-likeness (QED) is 0.922.